The van der Waals surface area contributed by atoms with Crippen LogP contribution in [0.3, 0.4) is 0 Å². The first-order valence-electron chi connectivity index (χ1n) is 6.68. The molecule has 1 aliphatic carbocycles. The number of carboxylic acids is 1. The zero-order chi connectivity index (χ0) is 13.5. The highest BCUT2D eigenvalue weighted by atomic mass is 16.4. The lowest BCUT2D eigenvalue weighted by Gasteiger charge is -2.37. The number of amides is 1. The molecule has 2 fully saturated rings. The van der Waals surface area contributed by atoms with Gasteiger partial charge < -0.3 is 10.0 Å². The summed E-state index contributed by atoms with van der Waals surface area (Å²) in [4.78, 5) is 25.6. The van der Waals surface area contributed by atoms with E-state index < -0.39 is 11.4 Å². The molecule has 1 N–H and O–H groups in total. The minimum atomic E-state index is -0.749. The number of hydrogen-bond donors (Lipinski definition) is 1. The fraction of sp³-hybridized carbons (Fsp3) is 0.467. The van der Waals surface area contributed by atoms with E-state index in [4.69, 9.17) is 0 Å². The molecule has 2 atom stereocenters. The lowest BCUT2D eigenvalue weighted by Crippen LogP contribution is -2.49. The maximum Gasteiger partial charge on any atom is 0.311 e. The maximum atomic E-state index is 12.4. The second kappa shape index (κ2) is 4.37. The molecule has 19 heavy (non-hydrogen) atoms. The number of aliphatic carboxylic acids is 1. The van der Waals surface area contributed by atoms with Crippen molar-refractivity contribution in [1.82, 2.24) is 4.90 Å². The normalized spacial score (nSPS) is 29.3. The highest BCUT2D eigenvalue weighted by Gasteiger charge is 2.51. The largest absolute Gasteiger partial charge is 0.481 e. The van der Waals surface area contributed by atoms with E-state index in [9.17, 15) is 14.7 Å². The molecule has 1 aromatic carbocycles. The van der Waals surface area contributed by atoms with E-state index >= 15 is 0 Å². The smallest absolute Gasteiger partial charge is 0.311 e. The number of nitrogens with zero attached hydrogens (tertiary/aromatic N) is 1. The van der Waals surface area contributed by atoms with Gasteiger partial charge in [-0.15, -0.1) is 0 Å². The van der Waals surface area contributed by atoms with Gasteiger partial charge in [0.15, 0.2) is 0 Å². The van der Waals surface area contributed by atoms with Crippen LogP contribution in [-0.4, -0.2) is 35.0 Å². The number of rotatable bonds is 2. The van der Waals surface area contributed by atoms with Gasteiger partial charge in [0.05, 0.1) is 5.41 Å². The van der Waals surface area contributed by atoms with Gasteiger partial charge in [-0.1, -0.05) is 18.2 Å². The van der Waals surface area contributed by atoms with E-state index in [2.05, 4.69) is 0 Å². The van der Waals surface area contributed by atoms with Gasteiger partial charge in [0, 0.05) is 18.7 Å². The summed E-state index contributed by atoms with van der Waals surface area (Å²) in [5.41, 5.74) is -0.0581. The highest BCUT2D eigenvalue weighted by Crippen LogP contribution is 2.46. The fourth-order valence-electron chi connectivity index (χ4n) is 3.46. The first-order valence-corrected chi connectivity index (χ1v) is 6.68. The van der Waals surface area contributed by atoms with Crippen LogP contribution in [0.15, 0.2) is 30.3 Å². The van der Waals surface area contributed by atoms with Gasteiger partial charge in [-0.25, -0.2) is 0 Å². The van der Waals surface area contributed by atoms with Crippen molar-refractivity contribution in [1.29, 1.82) is 0 Å². The molecule has 2 aliphatic rings. The minimum Gasteiger partial charge on any atom is -0.481 e. The number of likely N-dealkylation sites (tertiary alicyclic amines) is 1. The molecule has 1 saturated heterocycles. The van der Waals surface area contributed by atoms with Crippen molar-refractivity contribution in [3.63, 3.8) is 0 Å². The average molecular weight is 259 g/mol. The molecule has 3 rings (SSSR count). The highest BCUT2D eigenvalue weighted by molar-refractivity contribution is 5.94. The van der Waals surface area contributed by atoms with E-state index in [1.807, 2.05) is 18.2 Å². The molecule has 1 aliphatic heterocycles. The molecular weight excluding hydrogens is 242 g/mol. The van der Waals surface area contributed by atoms with Gasteiger partial charge in [-0.2, -0.15) is 0 Å². The van der Waals surface area contributed by atoms with Crippen molar-refractivity contribution >= 4 is 11.9 Å². The first kappa shape index (κ1) is 12.2. The van der Waals surface area contributed by atoms with Gasteiger partial charge in [0.25, 0.3) is 5.91 Å². The standard InChI is InChI=1S/C15H17NO3/c17-13(12-4-2-1-3-5-12)16-9-11-6-7-15(8-11,10-16)14(18)19/h1-5,11H,6-10H2,(H,18,19). The molecule has 1 aromatic rings. The molecule has 1 heterocycles. The molecule has 4 heteroatoms. The summed E-state index contributed by atoms with van der Waals surface area (Å²) in [6.07, 6.45) is 2.34. The lowest BCUT2D eigenvalue weighted by atomic mass is 9.82. The van der Waals surface area contributed by atoms with Crippen LogP contribution < -0.4 is 0 Å². The Balaban J connectivity index is 1.84. The summed E-state index contributed by atoms with van der Waals surface area (Å²) >= 11 is 0. The Morgan fingerprint density at radius 2 is 2.00 bits per heavy atom. The van der Waals surface area contributed by atoms with Crippen molar-refractivity contribution in [3.05, 3.63) is 35.9 Å². The molecule has 4 nitrogen and oxygen atoms in total. The quantitative estimate of drug-likeness (QED) is 0.884. The average Bonchev–Trinajstić information content (AvgIpc) is 2.75. The van der Waals surface area contributed by atoms with Gasteiger partial charge in [-0.05, 0) is 37.3 Å². The van der Waals surface area contributed by atoms with Gasteiger partial charge in [-0.3, -0.25) is 9.59 Å². The summed E-state index contributed by atoms with van der Waals surface area (Å²) in [5.74, 6) is -0.448. The third-order valence-electron chi connectivity index (χ3n) is 4.44. The monoisotopic (exact) mass is 259 g/mol. The van der Waals surface area contributed by atoms with Crippen LogP contribution in [0.5, 0.6) is 0 Å². The van der Waals surface area contributed by atoms with Crippen LogP contribution in [0.25, 0.3) is 0 Å². The minimum absolute atomic E-state index is 0.0437. The van der Waals surface area contributed by atoms with E-state index in [-0.39, 0.29) is 5.91 Å². The molecule has 1 saturated carbocycles. The lowest BCUT2D eigenvalue weighted by molar-refractivity contribution is -0.150. The van der Waals surface area contributed by atoms with Crippen molar-refractivity contribution in [2.45, 2.75) is 19.3 Å². The van der Waals surface area contributed by atoms with Gasteiger partial charge >= 0.3 is 5.97 Å². The molecule has 0 spiro atoms. The maximum absolute atomic E-state index is 12.4. The SMILES string of the molecule is O=C(c1ccccc1)N1CC2CCC(C(=O)O)(C2)C1. The number of fused-ring (bicyclic) bond motifs is 2. The molecular formula is C15H17NO3. The number of carboxylic acid groups (broad SMARTS) is 1. The van der Waals surface area contributed by atoms with Gasteiger partial charge in [0.2, 0.25) is 0 Å². The zero-order valence-electron chi connectivity index (χ0n) is 10.7. The second-order valence-corrected chi connectivity index (χ2v) is 5.75. The molecule has 2 unspecified atom stereocenters. The van der Waals surface area contributed by atoms with Crippen LogP contribution >= 0.6 is 0 Å². The Bertz CT molecular complexity index is 513. The molecule has 0 radical (unpaired) electrons. The predicted molar refractivity (Wildman–Crippen MR) is 69.8 cm³/mol. The van der Waals surface area contributed by atoms with E-state index in [1.165, 1.54) is 0 Å². The van der Waals surface area contributed by atoms with Crippen LogP contribution in [0.4, 0.5) is 0 Å². The van der Waals surface area contributed by atoms with Crippen molar-refractivity contribution in [3.8, 4) is 0 Å². The third kappa shape index (κ3) is 2.01. The van der Waals surface area contributed by atoms with Crippen LogP contribution in [0.1, 0.15) is 29.6 Å². The van der Waals surface area contributed by atoms with Crippen molar-refractivity contribution in [2.75, 3.05) is 13.1 Å². The third-order valence-corrected chi connectivity index (χ3v) is 4.44. The van der Waals surface area contributed by atoms with Crippen LogP contribution in [-0.2, 0) is 4.79 Å². The number of hydrogen-bond acceptors (Lipinski definition) is 2. The Labute approximate surface area is 112 Å². The molecule has 1 amide bonds. The van der Waals surface area contributed by atoms with Crippen molar-refractivity contribution in [2.24, 2.45) is 11.3 Å². The Kier molecular flexibility index (Phi) is 2.81. The Hall–Kier alpha value is -1.84. The fourth-order valence-corrected chi connectivity index (χ4v) is 3.46. The van der Waals surface area contributed by atoms with Crippen molar-refractivity contribution < 1.29 is 14.7 Å². The number of carbonyl (C=O) groups is 2. The van der Waals surface area contributed by atoms with E-state index in [0.717, 1.165) is 12.8 Å². The summed E-state index contributed by atoms with van der Waals surface area (Å²) in [6.45, 7) is 1.05. The van der Waals surface area contributed by atoms with E-state index in [0.29, 0.717) is 31.0 Å². The van der Waals surface area contributed by atoms with Crippen LogP contribution in [0, 0.1) is 11.3 Å². The van der Waals surface area contributed by atoms with E-state index in [1.54, 1.807) is 17.0 Å². The topological polar surface area (TPSA) is 57.6 Å². The Morgan fingerprint density at radius 3 is 2.68 bits per heavy atom. The first-order chi connectivity index (χ1) is 9.11. The number of carbonyl (C=O) groups excluding carboxylic acids is 1. The summed E-state index contributed by atoms with van der Waals surface area (Å²) in [7, 11) is 0. The Morgan fingerprint density at radius 1 is 1.26 bits per heavy atom. The zero-order valence-corrected chi connectivity index (χ0v) is 10.7. The molecule has 0 aromatic heterocycles. The second-order valence-electron chi connectivity index (χ2n) is 5.75. The predicted octanol–water partition coefficient (Wildman–Crippen LogP) is 2.01. The molecule has 100 valence electrons. The summed E-state index contributed by atoms with van der Waals surface area (Å²) < 4.78 is 0. The van der Waals surface area contributed by atoms with Crippen LogP contribution in [0.2, 0.25) is 0 Å². The number of piperidine rings is 1. The number of benzene rings is 1. The summed E-state index contributed by atoms with van der Waals surface area (Å²) in [5, 5.41) is 9.45. The van der Waals surface area contributed by atoms with Gasteiger partial charge in [0.1, 0.15) is 0 Å². The molecule has 2 bridgehead atoms. The summed E-state index contributed by atoms with van der Waals surface area (Å²) in [6, 6.07) is 9.10.